The molecule has 2 aliphatic rings. The molecule has 0 radical (unpaired) electrons. The fourth-order valence-electron chi connectivity index (χ4n) is 4.28. The topological polar surface area (TPSA) is 75.9 Å². The number of para-hydroxylation sites is 1. The number of fused-ring (bicyclic) bond motifs is 1. The van der Waals surface area contributed by atoms with Crippen molar-refractivity contribution in [1.82, 2.24) is 14.2 Å². The molecule has 1 aromatic carbocycles. The van der Waals surface area contributed by atoms with Crippen LogP contribution >= 0.6 is 11.3 Å². The van der Waals surface area contributed by atoms with Gasteiger partial charge in [0.05, 0.1) is 36.3 Å². The number of rotatable bonds is 4. The number of ether oxygens (including phenoxy) is 1. The molecule has 0 amide bonds. The third-order valence-corrected chi connectivity index (χ3v) is 8.30. The molecule has 9 heteroatoms. The molecule has 0 N–H and O–H groups in total. The Morgan fingerprint density at radius 2 is 2.07 bits per heavy atom. The summed E-state index contributed by atoms with van der Waals surface area (Å²) >= 11 is 1.53. The number of nitrogens with zero attached hydrogens (tertiary/aromatic N) is 3. The fourth-order valence-corrected chi connectivity index (χ4v) is 6.48. The zero-order valence-corrected chi connectivity index (χ0v) is 18.3. The average Bonchev–Trinajstić information content (AvgIpc) is 3.44. The van der Waals surface area contributed by atoms with Crippen LogP contribution in [0.3, 0.4) is 0 Å². The van der Waals surface area contributed by atoms with Gasteiger partial charge in [-0.2, -0.15) is 4.31 Å². The molecule has 0 saturated carbocycles. The zero-order chi connectivity index (χ0) is 20.8. The maximum absolute atomic E-state index is 13.5. The van der Waals surface area contributed by atoms with Crippen LogP contribution in [-0.4, -0.2) is 47.8 Å². The first-order valence-electron chi connectivity index (χ1n) is 9.86. The molecular weight excluding hydrogens is 422 g/mol. The molecule has 3 aromatic rings. The Hall–Kier alpha value is -2.20. The zero-order valence-electron chi connectivity index (χ0n) is 16.7. The van der Waals surface area contributed by atoms with E-state index in [0.29, 0.717) is 18.8 Å². The number of likely N-dealkylation sites (tertiary alicyclic amines) is 1. The summed E-state index contributed by atoms with van der Waals surface area (Å²) in [5.41, 5.74) is 1.27. The molecule has 7 nitrogen and oxygen atoms in total. The van der Waals surface area contributed by atoms with Crippen LogP contribution in [-0.2, 0) is 23.1 Å². The number of hydrogen-bond acceptors (Lipinski definition) is 7. The summed E-state index contributed by atoms with van der Waals surface area (Å²) in [6.07, 6.45) is 4.17. The first-order chi connectivity index (χ1) is 14.4. The van der Waals surface area contributed by atoms with E-state index in [-0.39, 0.29) is 11.4 Å². The molecule has 5 rings (SSSR count). The summed E-state index contributed by atoms with van der Waals surface area (Å²) in [6.45, 7) is 4.69. The van der Waals surface area contributed by atoms with E-state index in [1.807, 2.05) is 24.4 Å². The predicted octanol–water partition coefficient (Wildman–Crippen LogP) is 3.27. The van der Waals surface area contributed by atoms with E-state index in [0.717, 1.165) is 35.8 Å². The minimum Gasteiger partial charge on any atom is -0.483 e. The second-order valence-corrected chi connectivity index (χ2v) is 10.9. The Labute approximate surface area is 180 Å². The summed E-state index contributed by atoms with van der Waals surface area (Å²) in [5, 5.41) is 2.85. The summed E-state index contributed by atoms with van der Waals surface area (Å²) in [4.78, 5) is 7.00. The molecule has 4 heterocycles. The first kappa shape index (κ1) is 19.7. The lowest BCUT2D eigenvalue weighted by molar-refractivity contribution is 0.0568. The van der Waals surface area contributed by atoms with Gasteiger partial charge in [-0.1, -0.05) is 12.1 Å². The summed E-state index contributed by atoms with van der Waals surface area (Å²) in [6, 6.07) is 8.89. The maximum atomic E-state index is 13.5. The summed E-state index contributed by atoms with van der Waals surface area (Å²) in [5.74, 6) is 0.430. The number of aromatic nitrogens is 1. The standard InChI is InChI=1S/C21H23N3O4S2/c1-16-22-18(13-29-16)11-24-15-21(7-8-23(14-21)10-17-6-9-27-12-17)28-19-4-2-3-5-20(19)30(24,25)26/h2-6,9,12-13H,7-8,10-11,14-15H2,1H3/t21-/m0/s1. The van der Waals surface area contributed by atoms with Crippen LogP contribution in [0.5, 0.6) is 5.75 Å². The Balaban J connectivity index is 1.48. The molecule has 30 heavy (non-hydrogen) atoms. The molecule has 0 aliphatic carbocycles. The van der Waals surface area contributed by atoms with Crippen molar-refractivity contribution in [2.75, 3.05) is 19.6 Å². The lowest BCUT2D eigenvalue weighted by atomic mass is 10.0. The van der Waals surface area contributed by atoms with Gasteiger partial charge in [0.15, 0.2) is 0 Å². The minimum atomic E-state index is -3.70. The highest BCUT2D eigenvalue weighted by Gasteiger charge is 2.47. The highest BCUT2D eigenvalue weighted by Crippen LogP contribution is 2.39. The van der Waals surface area contributed by atoms with Crippen LogP contribution in [0.4, 0.5) is 0 Å². The number of thiazole rings is 1. The summed E-state index contributed by atoms with van der Waals surface area (Å²) in [7, 11) is -3.70. The van der Waals surface area contributed by atoms with Gasteiger partial charge in [0.25, 0.3) is 0 Å². The predicted molar refractivity (Wildman–Crippen MR) is 113 cm³/mol. The highest BCUT2D eigenvalue weighted by atomic mass is 32.2. The van der Waals surface area contributed by atoms with E-state index >= 15 is 0 Å². The molecule has 1 saturated heterocycles. The average molecular weight is 446 g/mol. The normalized spacial score (nSPS) is 23.9. The Morgan fingerprint density at radius 3 is 2.83 bits per heavy atom. The smallest absolute Gasteiger partial charge is 0.247 e. The Bertz CT molecular complexity index is 1140. The van der Waals surface area contributed by atoms with Gasteiger partial charge in [-0.25, -0.2) is 13.4 Å². The Morgan fingerprint density at radius 1 is 1.20 bits per heavy atom. The molecule has 2 aromatic heterocycles. The van der Waals surface area contributed by atoms with E-state index in [4.69, 9.17) is 9.15 Å². The van der Waals surface area contributed by atoms with Crippen molar-refractivity contribution in [2.24, 2.45) is 0 Å². The van der Waals surface area contributed by atoms with Crippen molar-refractivity contribution in [1.29, 1.82) is 0 Å². The molecule has 1 spiro atoms. The van der Waals surface area contributed by atoms with E-state index in [1.165, 1.54) is 15.6 Å². The lowest BCUT2D eigenvalue weighted by Crippen LogP contribution is -2.48. The molecule has 2 aliphatic heterocycles. The van der Waals surface area contributed by atoms with E-state index in [1.54, 1.807) is 30.7 Å². The number of aryl methyl sites for hydroxylation is 1. The van der Waals surface area contributed by atoms with Gasteiger partial charge in [0, 0.05) is 37.0 Å². The third-order valence-electron chi connectivity index (χ3n) is 5.64. The van der Waals surface area contributed by atoms with Gasteiger partial charge in [-0.15, -0.1) is 11.3 Å². The number of furan rings is 1. The van der Waals surface area contributed by atoms with Crippen LogP contribution in [0.2, 0.25) is 0 Å². The lowest BCUT2D eigenvalue weighted by Gasteiger charge is -2.32. The fraction of sp³-hybridized carbons (Fsp3) is 0.381. The van der Waals surface area contributed by atoms with E-state index in [9.17, 15) is 8.42 Å². The Kier molecular flexibility index (Phi) is 4.93. The molecule has 0 unspecified atom stereocenters. The molecular formula is C21H23N3O4S2. The number of hydrogen-bond donors (Lipinski definition) is 0. The van der Waals surface area contributed by atoms with E-state index < -0.39 is 15.6 Å². The molecule has 0 bridgehead atoms. The van der Waals surface area contributed by atoms with Gasteiger partial charge < -0.3 is 9.15 Å². The highest BCUT2D eigenvalue weighted by molar-refractivity contribution is 7.89. The number of sulfonamides is 1. The van der Waals surface area contributed by atoms with Crippen molar-refractivity contribution in [2.45, 2.75) is 36.9 Å². The van der Waals surface area contributed by atoms with Crippen molar-refractivity contribution < 1.29 is 17.6 Å². The van der Waals surface area contributed by atoms with Gasteiger partial charge in [-0.3, -0.25) is 4.90 Å². The second kappa shape index (κ2) is 7.49. The van der Waals surface area contributed by atoms with E-state index in [2.05, 4.69) is 9.88 Å². The first-order valence-corrected chi connectivity index (χ1v) is 12.2. The maximum Gasteiger partial charge on any atom is 0.247 e. The largest absolute Gasteiger partial charge is 0.483 e. The van der Waals surface area contributed by atoms with Gasteiger partial charge >= 0.3 is 0 Å². The molecule has 158 valence electrons. The molecule has 1 atom stereocenters. The van der Waals surface area contributed by atoms with Crippen LogP contribution in [0.1, 0.15) is 22.7 Å². The van der Waals surface area contributed by atoms with Gasteiger partial charge in [-0.05, 0) is 25.1 Å². The van der Waals surface area contributed by atoms with Gasteiger partial charge in [0.2, 0.25) is 10.0 Å². The monoisotopic (exact) mass is 445 g/mol. The molecule has 1 fully saturated rings. The van der Waals surface area contributed by atoms with Crippen LogP contribution in [0.25, 0.3) is 0 Å². The second-order valence-electron chi connectivity index (χ2n) is 7.96. The quantitative estimate of drug-likeness (QED) is 0.614. The SMILES string of the molecule is Cc1nc(CN2C[C@@]3(CCN(Cc4ccoc4)C3)Oc3ccccc3S2(=O)=O)cs1. The summed E-state index contributed by atoms with van der Waals surface area (Å²) < 4.78 is 40.2. The van der Waals surface area contributed by atoms with Crippen molar-refractivity contribution in [3.8, 4) is 5.75 Å². The van der Waals surface area contributed by atoms with Crippen LogP contribution in [0, 0.1) is 6.92 Å². The van der Waals surface area contributed by atoms with Gasteiger partial charge in [0.1, 0.15) is 16.2 Å². The third kappa shape index (κ3) is 3.66. The van der Waals surface area contributed by atoms with Crippen molar-refractivity contribution >= 4 is 21.4 Å². The minimum absolute atomic E-state index is 0.224. The van der Waals surface area contributed by atoms with Crippen molar-refractivity contribution in [3.63, 3.8) is 0 Å². The number of benzene rings is 1. The van der Waals surface area contributed by atoms with Crippen molar-refractivity contribution in [3.05, 3.63) is 64.5 Å². The van der Waals surface area contributed by atoms with Crippen LogP contribution in [0.15, 0.2) is 57.6 Å². The van der Waals surface area contributed by atoms with Crippen LogP contribution < -0.4 is 4.74 Å².